The molecule has 0 radical (unpaired) electrons. The molecule has 0 amide bonds. The van der Waals surface area contributed by atoms with E-state index in [1.165, 1.54) is 0 Å². The molecule has 0 N–H and O–H groups in total. The Morgan fingerprint density at radius 2 is 1.71 bits per heavy atom. The summed E-state index contributed by atoms with van der Waals surface area (Å²) in [6, 6.07) is 23.6. The molecule has 0 saturated carbocycles. The standard InChI is InChI=1S/C26H24N4O/c1-18-8-9-19(2)24(14-18)25-22-6-4-5-7-23(22)26(31)30(28-25)17-29(3)16-21-12-10-20(15-27)11-13-21/h4-14H,16-17H2,1-3H3. The molecule has 4 aromatic rings. The molecule has 3 aromatic carbocycles. The number of hydrogen-bond acceptors (Lipinski definition) is 4. The first-order valence-corrected chi connectivity index (χ1v) is 10.2. The number of aryl methyl sites for hydroxylation is 2. The third-order valence-electron chi connectivity index (χ3n) is 5.43. The number of nitriles is 1. The second-order valence-corrected chi connectivity index (χ2v) is 7.98. The van der Waals surface area contributed by atoms with Gasteiger partial charge in [-0.15, -0.1) is 0 Å². The summed E-state index contributed by atoms with van der Waals surface area (Å²) in [5.41, 5.74) is 5.75. The van der Waals surface area contributed by atoms with E-state index in [0.717, 1.165) is 33.3 Å². The molecule has 5 heteroatoms. The molecule has 0 aliphatic heterocycles. The SMILES string of the molecule is Cc1ccc(C)c(-c2nn(CN(C)Cc3ccc(C#N)cc3)c(=O)c3ccccc23)c1. The summed E-state index contributed by atoms with van der Waals surface area (Å²) in [6.45, 7) is 5.14. The van der Waals surface area contributed by atoms with E-state index in [1.54, 1.807) is 4.68 Å². The molecular formula is C26H24N4O. The molecule has 0 aliphatic carbocycles. The lowest BCUT2D eigenvalue weighted by Crippen LogP contribution is -2.32. The van der Waals surface area contributed by atoms with Crippen LogP contribution in [0.2, 0.25) is 0 Å². The zero-order chi connectivity index (χ0) is 22.0. The molecule has 0 unspecified atom stereocenters. The van der Waals surface area contributed by atoms with E-state index in [2.05, 4.69) is 38.1 Å². The summed E-state index contributed by atoms with van der Waals surface area (Å²) in [5.74, 6) is 0. The number of fused-ring (bicyclic) bond motifs is 1. The van der Waals surface area contributed by atoms with Crippen LogP contribution in [0.4, 0.5) is 0 Å². The van der Waals surface area contributed by atoms with E-state index < -0.39 is 0 Å². The second kappa shape index (κ2) is 8.55. The average molecular weight is 409 g/mol. The highest BCUT2D eigenvalue weighted by atomic mass is 16.1. The first-order chi connectivity index (χ1) is 15.0. The Balaban J connectivity index is 1.74. The predicted octanol–water partition coefficient (Wildman–Crippen LogP) is 4.64. The minimum absolute atomic E-state index is 0.101. The number of hydrogen-bond donors (Lipinski definition) is 0. The molecule has 1 aromatic heterocycles. The van der Waals surface area contributed by atoms with Crippen LogP contribution in [0.3, 0.4) is 0 Å². The Morgan fingerprint density at radius 1 is 1.00 bits per heavy atom. The number of nitrogens with zero attached hydrogens (tertiary/aromatic N) is 4. The van der Waals surface area contributed by atoms with Gasteiger partial charge in [0.05, 0.1) is 29.4 Å². The van der Waals surface area contributed by atoms with Crippen molar-refractivity contribution in [2.24, 2.45) is 0 Å². The van der Waals surface area contributed by atoms with Crippen molar-refractivity contribution in [1.29, 1.82) is 5.26 Å². The Labute approximate surface area is 181 Å². The molecule has 0 fully saturated rings. The molecule has 31 heavy (non-hydrogen) atoms. The van der Waals surface area contributed by atoms with Crippen LogP contribution in [0.1, 0.15) is 22.3 Å². The largest absolute Gasteiger partial charge is 0.283 e. The first-order valence-electron chi connectivity index (χ1n) is 10.2. The lowest BCUT2D eigenvalue weighted by atomic mass is 9.99. The van der Waals surface area contributed by atoms with Crippen LogP contribution in [0.25, 0.3) is 22.0 Å². The van der Waals surface area contributed by atoms with Gasteiger partial charge in [0.25, 0.3) is 5.56 Å². The smallest absolute Gasteiger partial charge is 0.275 e. The van der Waals surface area contributed by atoms with Gasteiger partial charge in [0, 0.05) is 17.5 Å². The Kier molecular flexibility index (Phi) is 5.66. The third kappa shape index (κ3) is 4.25. The molecule has 4 rings (SSSR count). The van der Waals surface area contributed by atoms with Gasteiger partial charge in [-0.3, -0.25) is 9.69 Å². The summed E-state index contributed by atoms with van der Waals surface area (Å²) in [6.07, 6.45) is 0. The molecule has 5 nitrogen and oxygen atoms in total. The summed E-state index contributed by atoms with van der Waals surface area (Å²) in [5, 5.41) is 15.3. The molecular weight excluding hydrogens is 384 g/mol. The lowest BCUT2D eigenvalue weighted by molar-refractivity contribution is 0.241. The zero-order valence-electron chi connectivity index (χ0n) is 18.0. The van der Waals surface area contributed by atoms with Crippen LogP contribution < -0.4 is 5.56 Å². The zero-order valence-corrected chi connectivity index (χ0v) is 18.0. The van der Waals surface area contributed by atoms with Gasteiger partial charge in [-0.1, -0.05) is 48.0 Å². The Morgan fingerprint density at radius 3 is 2.42 bits per heavy atom. The predicted molar refractivity (Wildman–Crippen MR) is 124 cm³/mol. The summed E-state index contributed by atoms with van der Waals surface area (Å²) in [4.78, 5) is 15.2. The van der Waals surface area contributed by atoms with Crippen molar-refractivity contribution in [2.75, 3.05) is 7.05 Å². The molecule has 1 heterocycles. The van der Waals surface area contributed by atoms with Gasteiger partial charge < -0.3 is 0 Å². The Hall–Kier alpha value is -3.75. The van der Waals surface area contributed by atoms with Crippen molar-refractivity contribution in [1.82, 2.24) is 14.7 Å². The van der Waals surface area contributed by atoms with E-state index in [1.807, 2.05) is 60.5 Å². The second-order valence-electron chi connectivity index (χ2n) is 7.98. The Bertz CT molecular complexity index is 1350. The molecule has 0 saturated heterocycles. The molecule has 0 aliphatic rings. The molecule has 0 bridgehead atoms. The van der Waals surface area contributed by atoms with E-state index in [9.17, 15) is 4.79 Å². The third-order valence-corrected chi connectivity index (χ3v) is 5.43. The van der Waals surface area contributed by atoms with Crippen molar-refractivity contribution in [3.05, 3.63) is 99.3 Å². The summed E-state index contributed by atoms with van der Waals surface area (Å²) < 4.78 is 1.54. The first kappa shape index (κ1) is 20.5. The maximum atomic E-state index is 13.2. The summed E-state index contributed by atoms with van der Waals surface area (Å²) >= 11 is 0. The van der Waals surface area contributed by atoms with Crippen molar-refractivity contribution >= 4 is 10.8 Å². The summed E-state index contributed by atoms with van der Waals surface area (Å²) in [7, 11) is 1.96. The highest BCUT2D eigenvalue weighted by molar-refractivity contribution is 5.94. The highest BCUT2D eigenvalue weighted by Crippen LogP contribution is 2.28. The van der Waals surface area contributed by atoms with Gasteiger partial charge in [0.2, 0.25) is 0 Å². The van der Waals surface area contributed by atoms with E-state index >= 15 is 0 Å². The van der Waals surface area contributed by atoms with Crippen molar-refractivity contribution in [2.45, 2.75) is 27.1 Å². The van der Waals surface area contributed by atoms with Gasteiger partial charge >= 0.3 is 0 Å². The monoisotopic (exact) mass is 408 g/mol. The van der Waals surface area contributed by atoms with Crippen LogP contribution in [-0.4, -0.2) is 21.7 Å². The maximum Gasteiger partial charge on any atom is 0.275 e. The highest BCUT2D eigenvalue weighted by Gasteiger charge is 2.15. The van der Waals surface area contributed by atoms with Crippen LogP contribution in [0, 0.1) is 25.2 Å². The number of benzene rings is 3. The van der Waals surface area contributed by atoms with E-state index in [0.29, 0.717) is 24.2 Å². The molecule has 0 spiro atoms. The maximum absolute atomic E-state index is 13.2. The van der Waals surface area contributed by atoms with E-state index in [-0.39, 0.29) is 5.56 Å². The fraction of sp³-hybridized carbons (Fsp3) is 0.192. The van der Waals surface area contributed by atoms with Crippen LogP contribution in [-0.2, 0) is 13.2 Å². The van der Waals surface area contributed by atoms with Gasteiger partial charge in [-0.2, -0.15) is 10.4 Å². The molecule has 0 atom stereocenters. The normalized spacial score (nSPS) is 11.1. The average Bonchev–Trinajstić information content (AvgIpc) is 2.78. The molecule has 154 valence electrons. The van der Waals surface area contributed by atoms with Crippen molar-refractivity contribution in [3.8, 4) is 17.3 Å². The van der Waals surface area contributed by atoms with Crippen LogP contribution in [0.5, 0.6) is 0 Å². The topological polar surface area (TPSA) is 61.9 Å². The fourth-order valence-electron chi connectivity index (χ4n) is 3.80. The number of aromatic nitrogens is 2. The number of rotatable bonds is 5. The van der Waals surface area contributed by atoms with Crippen molar-refractivity contribution in [3.63, 3.8) is 0 Å². The lowest BCUT2D eigenvalue weighted by Gasteiger charge is -2.19. The van der Waals surface area contributed by atoms with Gasteiger partial charge in [-0.25, -0.2) is 4.68 Å². The fourth-order valence-corrected chi connectivity index (χ4v) is 3.80. The van der Waals surface area contributed by atoms with Gasteiger partial charge in [0.15, 0.2) is 0 Å². The van der Waals surface area contributed by atoms with Gasteiger partial charge in [0.1, 0.15) is 0 Å². The van der Waals surface area contributed by atoms with Gasteiger partial charge in [-0.05, 0) is 56.3 Å². The minimum atomic E-state index is -0.101. The van der Waals surface area contributed by atoms with Crippen molar-refractivity contribution < 1.29 is 0 Å². The minimum Gasteiger partial charge on any atom is -0.283 e. The quantitative estimate of drug-likeness (QED) is 0.483. The van der Waals surface area contributed by atoms with E-state index in [4.69, 9.17) is 10.4 Å². The van der Waals surface area contributed by atoms with Crippen LogP contribution in [0.15, 0.2) is 71.5 Å². The van der Waals surface area contributed by atoms with Crippen LogP contribution >= 0.6 is 0 Å².